The first-order chi connectivity index (χ1) is 5.27. The van der Waals surface area contributed by atoms with Gasteiger partial charge >= 0.3 is 0 Å². The summed E-state index contributed by atoms with van der Waals surface area (Å²) >= 11 is 0. The van der Waals surface area contributed by atoms with Crippen LogP contribution >= 0.6 is 0 Å². The van der Waals surface area contributed by atoms with Crippen LogP contribution in [0.4, 0.5) is 11.6 Å². The highest BCUT2D eigenvalue weighted by Crippen LogP contribution is 2.19. The molecule has 0 aliphatic carbocycles. The van der Waals surface area contributed by atoms with Crippen molar-refractivity contribution in [2.75, 3.05) is 25.2 Å². The van der Waals surface area contributed by atoms with Crippen LogP contribution in [0.15, 0.2) is 6.20 Å². The van der Waals surface area contributed by atoms with Gasteiger partial charge in [0.2, 0.25) is 11.8 Å². The molecule has 0 aliphatic heterocycles. The van der Waals surface area contributed by atoms with Gasteiger partial charge in [-0.2, -0.15) is 4.98 Å². The highest BCUT2D eigenvalue weighted by Gasteiger charge is 2.02. The fourth-order valence-electron chi connectivity index (χ4n) is 0.706. The predicted molar refractivity (Wildman–Crippen MR) is 42.5 cm³/mol. The molecular weight excluding hydrogens is 144 g/mol. The topological polar surface area (TPSA) is 73.1 Å². The number of hydrogen-bond donors (Lipinski definition) is 2. The zero-order valence-electron chi connectivity index (χ0n) is 6.46. The maximum atomic E-state index is 5.33. The van der Waals surface area contributed by atoms with Gasteiger partial charge in [-0.15, -0.1) is 0 Å². The minimum Gasteiger partial charge on any atom is -0.479 e. The summed E-state index contributed by atoms with van der Waals surface area (Å²) in [5.41, 5.74) is 6.05. The summed E-state index contributed by atoms with van der Waals surface area (Å²) in [5.74, 6) is 0.667. The number of nitrogens with zero attached hydrogens (tertiary/aromatic N) is 2. The summed E-state index contributed by atoms with van der Waals surface area (Å²) in [5, 5.41) is 2.87. The summed E-state index contributed by atoms with van der Waals surface area (Å²) < 4.78 is 4.92. The molecule has 0 radical (unpaired) electrons. The van der Waals surface area contributed by atoms with Gasteiger partial charge in [-0.25, -0.2) is 4.98 Å². The molecule has 0 fully saturated rings. The molecule has 0 atom stereocenters. The molecule has 0 unspecified atom stereocenters. The molecule has 3 N–H and O–H groups in total. The molecule has 60 valence electrons. The van der Waals surface area contributed by atoms with Crippen LogP contribution in [-0.2, 0) is 0 Å². The van der Waals surface area contributed by atoms with E-state index in [1.165, 1.54) is 7.11 Å². The number of hydrogen-bond acceptors (Lipinski definition) is 5. The molecular formula is C6H10N4O. The third kappa shape index (κ3) is 1.49. The molecule has 0 bridgehead atoms. The third-order valence-corrected chi connectivity index (χ3v) is 1.24. The SMILES string of the molecule is CNc1cnc(N)nc1OC. The average molecular weight is 154 g/mol. The van der Waals surface area contributed by atoms with Crippen LogP contribution in [0, 0.1) is 0 Å². The van der Waals surface area contributed by atoms with E-state index in [1.54, 1.807) is 13.2 Å². The number of anilines is 2. The lowest BCUT2D eigenvalue weighted by molar-refractivity contribution is 0.400. The average Bonchev–Trinajstić information content (AvgIpc) is 2.04. The van der Waals surface area contributed by atoms with Gasteiger partial charge in [-0.3, -0.25) is 0 Å². The van der Waals surface area contributed by atoms with Gasteiger partial charge in [0.05, 0.1) is 13.3 Å². The van der Waals surface area contributed by atoms with Crippen LogP contribution < -0.4 is 15.8 Å². The number of aromatic nitrogens is 2. The van der Waals surface area contributed by atoms with Crippen molar-refractivity contribution in [3.8, 4) is 5.88 Å². The Labute approximate surface area is 64.6 Å². The Hall–Kier alpha value is -1.52. The van der Waals surface area contributed by atoms with E-state index in [4.69, 9.17) is 10.5 Å². The first-order valence-electron chi connectivity index (χ1n) is 3.12. The monoisotopic (exact) mass is 154 g/mol. The quantitative estimate of drug-likeness (QED) is 0.632. The summed E-state index contributed by atoms with van der Waals surface area (Å²) in [6.07, 6.45) is 1.57. The molecule has 1 rings (SSSR count). The Morgan fingerprint density at radius 2 is 2.36 bits per heavy atom. The molecule has 1 heterocycles. The first-order valence-corrected chi connectivity index (χ1v) is 3.12. The minimum absolute atomic E-state index is 0.209. The largest absolute Gasteiger partial charge is 0.479 e. The maximum Gasteiger partial charge on any atom is 0.242 e. The third-order valence-electron chi connectivity index (χ3n) is 1.24. The van der Waals surface area contributed by atoms with Gasteiger partial charge < -0.3 is 15.8 Å². The van der Waals surface area contributed by atoms with E-state index >= 15 is 0 Å². The first kappa shape index (κ1) is 7.59. The Bertz CT molecular complexity index is 250. The molecule has 11 heavy (non-hydrogen) atoms. The molecule has 5 nitrogen and oxygen atoms in total. The van der Waals surface area contributed by atoms with Gasteiger partial charge in [0.1, 0.15) is 5.69 Å². The van der Waals surface area contributed by atoms with E-state index in [0.29, 0.717) is 5.88 Å². The van der Waals surface area contributed by atoms with E-state index in [2.05, 4.69) is 15.3 Å². The van der Waals surface area contributed by atoms with Crippen molar-refractivity contribution in [1.82, 2.24) is 9.97 Å². The van der Waals surface area contributed by atoms with Crippen molar-refractivity contribution >= 4 is 11.6 Å². The summed E-state index contributed by atoms with van der Waals surface area (Å²) in [6, 6.07) is 0. The molecule has 0 amide bonds. The fraction of sp³-hybridized carbons (Fsp3) is 0.333. The standard InChI is InChI=1S/C6H10N4O/c1-8-4-3-9-6(7)10-5(4)11-2/h3,8H,1-2H3,(H2,7,9,10). The zero-order chi connectivity index (χ0) is 8.27. The molecule has 0 aromatic carbocycles. The normalized spacial score (nSPS) is 9.27. The smallest absolute Gasteiger partial charge is 0.242 e. The second kappa shape index (κ2) is 3.05. The second-order valence-corrected chi connectivity index (χ2v) is 1.90. The maximum absolute atomic E-state index is 5.33. The summed E-state index contributed by atoms with van der Waals surface area (Å²) in [7, 11) is 3.29. The lowest BCUT2D eigenvalue weighted by Crippen LogP contribution is -2.01. The van der Waals surface area contributed by atoms with Crippen LogP contribution in [0.25, 0.3) is 0 Å². The number of methoxy groups -OCH3 is 1. The lowest BCUT2D eigenvalue weighted by Gasteiger charge is -2.05. The van der Waals surface area contributed by atoms with Crippen molar-refractivity contribution < 1.29 is 4.74 Å². The molecule has 0 spiro atoms. The van der Waals surface area contributed by atoms with E-state index < -0.39 is 0 Å². The Balaban J connectivity index is 3.06. The zero-order valence-corrected chi connectivity index (χ0v) is 6.46. The Morgan fingerprint density at radius 3 is 2.91 bits per heavy atom. The summed E-state index contributed by atoms with van der Waals surface area (Å²) in [6.45, 7) is 0. The van der Waals surface area contributed by atoms with E-state index in [-0.39, 0.29) is 5.95 Å². The molecule has 0 aliphatic rings. The van der Waals surface area contributed by atoms with Crippen molar-refractivity contribution in [2.24, 2.45) is 0 Å². The number of nitrogens with one attached hydrogen (secondary N) is 1. The molecule has 5 heteroatoms. The van der Waals surface area contributed by atoms with Crippen molar-refractivity contribution in [2.45, 2.75) is 0 Å². The number of nitrogens with two attached hydrogens (primary N) is 1. The van der Waals surface area contributed by atoms with Gasteiger partial charge in [-0.1, -0.05) is 0 Å². The van der Waals surface area contributed by atoms with E-state index in [0.717, 1.165) is 5.69 Å². The highest BCUT2D eigenvalue weighted by atomic mass is 16.5. The van der Waals surface area contributed by atoms with Crippen LogP contribution in [0.5, 0.6) is 5.88 Å². The number of nitrogen functional groups attached to an aromatic ring is 1. The van der Waals surface area contributed by atoms with Gasteiger partial charge in [0.15, 0.2) is 0 Å². The number of ether oxygens (including phenoxy) is 1. The molecule has 1 aromatic rings. The number of rotatable bonds is 2. The molecule has 0 saturated heterocycles. The van der Waals surface area contributed by atoms with Crippen molar-refractivity contribution in [3.05, 3.63) is 6.20 Å². The predicted octanol–water partition coefficient (Wildman–Crippen LogP) is 0.109. The highest BCUT2D eigenvalue weighted by molar-refractivity contribution is 5.51. The van der Waals surface area contributed by atoms with Crippen molar-refractivity contribution in [1.29, 1.82) is 0 Å². The van der Waals surface area contributed by atoms with E-state index in [1.807, 2.05) is 0 Å². The molecule has 0 saturated carbocycles. The van der Waals surface area contributed by atoms with Gasteiger partial charge in [0.25, 0.3) is 0 Å². The minimum atomic E-state index is 0.209. The fourth-order valence-corrected chi connectivity index (χ4v) is 0.706. The second-order valence-electron chi connectivity index (χ2n) is 1.90. The van der Waals surface area contributed by atoms with Crippen LogP contribution in [-0.4, -0.2) is 24.1 Å². The summed E-state index contributed by atoms with van der Waals surface area (Å²) in [4.78, 5) is 7.63. The van der Waals surface area contributed by atoms with Crippen molar-refractivity contribution in [3.63, 3.8) is 0 Å². The van der Waals surface area contributed by atoms with Gasteiger partial charge in [-0.05, 0) is 0 Å². The Morgan fingerprint density at radius 1 is 1.64 bits per heavy atom. The van der Waals surface area contributed by atoms with Crippen LogP contribution in [0.2, 0.25) is 0 Å². The Kier molecular flexibility index (Phi) is 2.10. The lowest BCUT2D eigenvalue weighted by atomic mass is 10.5. The molecule has 1 aromatic heterocycles. The van der Waals surface area contributed by atoms with Crippen LogP contribution in [0.1, 0.15) is 0 Å². The van der Waals surface area contributed by atoms with E-state index in [9.17, 15) is 0 Å². The van der Waals surface area contributed by atoms with Gasteiger partial charge in [0, 0.05) is 7.05 Å². The van der Waals surface area contributed by atoms with Crippen LogP contribution in [0.3, 0.4) is 0 Å².